The first-order valence-corrected chi connectivity index (χ1v) is 6.96. The van der Waals surface area contributed by atoms with E-state index < -0.39 is 30.3 Å². The Labute approximate surface area is 139 Å². The number of nitrogens with zero attached hydrogens (tertiary/aromatic N) is 4. The van der Waals surface area contributed by atoms with Crippen LogP contribution < -0.4 is 4.74 Å². The molecule has 138 valence electrons. The topological polar surface area (TPSA) is 50.6 Å². The van der Waals surface area contributed by atoms with Gasteiger partial charge in [-0.25, -0.2) is 9.37 Å². The third-order valence-electron chi connectivity index (χ3n) is 3.43. The molecule has 0 saturated heterocycles. The zero-order valence-corrected chi connectivity index (χ0v) is 13.5. The van der Waals surface area contributed by atoms with Crippen LogP contribution >= 0.6 is 0 Å². The van der Waals surface area contributed by atoms with Gasteiger partial charge in [0.25, 0.3) is 0 Å². The lowest BCUT2D eigenvalue weighted by molar-refractivity contribution is -0.249. The molecule has 1 aliphatic heterocycles. The van der Waals surface area contributed by atoms with Crippen LogP contribution in [0.1, 0.15) is 17.1 Å². The zero-order chi connectivity index (χ0) is 19.0. The molecule has 2 heterocycles. The predicted octanol–water partition coefficient (Wildman–Crippen LogP) is 3.32. The number of alkyl halides is 5. The van der Waals surface area contributed by atoms with Crippen LogP contribution in [0.25, 0.3) is 0 Å². The molecule has 0 radical (unpaired) electrons. The highest BCUT2D eigenvalue weighted by Crippen LogP contribution is 2.39. The molecule has 0 aromatic carbocycles. The first-order valence-electron chi connectivity index (χ1n) is 6.96. The molecule has 1 aromatic rings. The fourth-order valence-corrected chi connectivity index (χ4v) is 2.24. The molecule has 0 atom stereocenters. The van der Waals surface area contributed by atoms with Gasteiger partial charge in [0.2, 0.25) is 5.88 Å². The monoisotopic (exact) mass is 368 g/mol. The van der Waals surface area contributed by atoms with E-state index >= 15 is 0 Å². The van der Waals surface area contributed by atoms with Crippen LogP contribution in [-0.2, 0) is 6.54 Å². The van der Waals surface area contributed by atoms with Gasteiger partial charge in [-0.2, -0.15) is 26.9 Å². The van der Waals surface area contributed by atoms with Crippen LogP contribution in [0.15, 0.2) is 17.0 Å². The van der Waals surface area contributed by atoms with Gasteiger partial charge in [-0.3, -0.25) is 4.99 Å². The minimum Gasteiger partial charge on any atom is -0.481 e. The molecule has 5 nitrogen and oxygen atoms in total. The van der Waals surface area contributed by atoms with Crippen molar-refractivity contribution >= 4 is 5.71 Å². The Morgan fingerprint density at radius 1 is 1.16 bits per heavy atom. The molecule has 0 bridgehead atoms. The number of aromatic nitrogens is 2. The highest BCUT2D eigenvalue weighted by atomic mass is 19.4. The highest BCUT2D eigenvalue weighted by molar-refractivity contribution is 6.04. The summed E-state index contributed by atoms with van der Waals surface area (Å²) in [5.74, 6) is -6.48. The second-order valence-electron chi connectivity index (χ2n) is 5.29. The Balaban J connectivity index is 2.25. The summed E-state index contributed by atoms with van der Waals surface area (Å²) in [5.41, 5.74) is -0.980. The summed E-state index contributed by atoms with van der Waals surface area (Å²) < 4.78 is 82.5. The quantitative estimate of drug-likeness (QED) is 0.765. The normalized spacial score (nSPS) is 15.8. The summed E-state index contributed by atoms with van der Waals surface area (Å²) in [5, 5.41) is 0. The van der Waals surface area contributed by atoms with Crippen molar-refractivity contribution in [2.45, 2.75) is 32.5 Å². The maximum atomic E-state index is 13.8. The van der Waals surface area contributed by atoms with Crippen LogP contribution in [0, 0.1) is 13.8 Å². The maximum absolute atomic E-state index is 13.8. The van der Waals surface area contributed by atoms with Crippen molar-refractivity contribution in [2.24, 2.45) is 4.99 Å². The van der Waals surface area contributed by atoms with Gasteiger partial charge < -0.3 is 9.64 Å². The number of ether oxygens (including phenoxy) is 1. The van der Waals surface area contributed by atoms with Gasteiger partial charge in [-0.05, 0) is 13.8 Å². The van der Waals surface area contributed by atoms with Gasteiger partial charge in [0, 0.05) is 11.9 Å². The number of hydrogen-bond donors (Lipinski definition) is 0. The fourth-order valence-electron chi connectivity index (χ4n) is 2.24. The van der Waals surface area contributed by atoms with Crippen LogP contribution in [0.2, 0.25) is 0 Å². The minimum absolute atomic E-state index is 0.0723. The van der Waals surface area contributed by atoms with Crippen LogP contribution in [0.4, 0.5) is 26.3 Å². The van der Waals surface area contributed by atoms with E-state index in [2.05, 4.69) is 15.0 Å². The summed E-state index contributed by atoms with van der Waals surface area (Å²) in [6.45, 7) is 2.63. The molecule has 0 aliphatic carbocycles. The third-order valence-corrected chi connectivity index (χ3v) is 3.43. The first-order chi connectivity index (χ1) is 11.5. The molecule has 0 N–H and O–H groups in total. The third kappa shape index (κ3) is 3.69. The predicted molar refractivity (Wildman–Crippen MR) is 76.1 cm³/mol. The van der Waals surface area contributed by atoms with E-state index in [9.17, 15) is 26.3 Å². The van der Waals surface area contributed by atoms with Crippen molar-refractivity contribution in [2.75, 3.05) is 13.8 Å². The van der Waals surface area contributed by atoms with Gasteiger partial charge in [-0.1, -0.05) is 0 Å². The van der Waals surface area contributed by atoms with E-state index in [-0.39, 0.29) is 12.4 Å². The molecule has 11 heteroatoms. The Morgan fingerprint density at radius 3 is 2.32 bits per heavy atom. The molecular weight excluding hydrogens is 354 g/mol. The van der Waals surface area contributed by atoms with E-state index in [4.69, 9.17) is 4.74 Å². The van der Waals surface area contributed by atoms with Crippen LogP contribution in [-0.4, -0.2) is 46.5 Å². The summed E-state index contributed by atoms with van der Waals surface area (Å²) >= 11 is 0. The number of rotatable bonds is 4. The van der Waals surface area contributed by atoms with Gasteiger partial charge in [0.05, 0.1) is 19.2 Å². The average molecular weight is 368 g/mol. The number of halogens is 6. The van der Waals surface area contributed by atoms with Crippen molar-refractivity contribution in [3.05, 3.63) is 29.1 Å². The summed E-state index contributed by atoms with van der Waals surface area (Å²) in [4.78, 5) is 12.4. The van der Waals surface area contributed by atoms with E-state index in [1.807, 2.05) is 0 Å². The van der Waals surface area contributed by atoms with Crippen molar-refractivity contribution in [1.29, 1.82) is 0 Å². The standard InChI is InChI=1S/C14H14F6N4O/c1-7-9(12(25-3)23-8(2)22-7)4-24-5-10(15)11(21-6-24)13(16,17)14(18,19)20/h5H,4,6H2,1-3H3. The van der Waals surface area contributed by atoms with Gasteiger partial charge >= 0.3 is 12.1 Å². The smallest absolute Gasteiger partial charge is 0.459 e. The van der Waals surface area contributed by atoms with E-state index in [1.165, 1.54) is 7.11 Å². The molecular formula is C14H14F6N4O. The van der Waals surface area contributed by atoms with E-state index in [0.29, 0.717) is 23.3 Å². The Hall–Kier alpha value is -2.33. The van der Waals surface area contributed by atoms with Crippen molar-refractivity contribution in [3.63, 3.8) is 0 Å². The van der Waals surface area contributed by atoms with Crippen molar-refractivity contribution < 1.29 is 31.1 Å². The second kappa shape index (κ2) is 6.52. The second-order valence-corrected chi connectivity index (χ2v) is 5.29. The number of aliphatic imine (C=N–C) groups is 1. The molecule has 0 amide bonds. The number of aryl methyl sites for hydroxylation is 2. The lowest BCUT2D eigenvalue weighted by atomic mass is 10.1. The first kappa shape index (κ1) is 19.0. The molecule has 0 fully saturated rings. The average Bonchev–Trinajstić information content (AvgIpc) is 2.48. The van der Waals surface area contributed by atoms with Crippen molar-refractivity contribution in [1.82, 2.24) is 14.9 Å². The molecule has 1 aliphatic rings. The van der Waals surface area contributed by atoms with Gasteiger partial charge in [0.15, 0.2) is 11.5 Å². The molecule has 0 saturated carbocycles. The van der Waals surface area contributed by atoms with Crippen molar-refractivity contribution in [3.8, 4) is 5.88 Å². The Kier molecular flexibility index (Phi) is 4.96. The number of hydrogen-bond acceptors (Lipinski definition) is 5. The summed E-state index contributed by atoms with van der Waals surface area (Å²) in [6, 6.07) is 0. The zero-order valence-electron chi connectivity index (χ0n) is 13.5. The van der Waals surface area contributed by atoms with Crippen LogP contribution in [0.3, 0.4) is 0 Å². The van der Waals surface area contributed by atoms with Crippen LogP contribution in [0.5, 0.6) is 5.88 Å². The lowest BCUT2D eigenvalue weighted by Gasteiger charge is -2.27. The molecule has 0 spiro atoms. The molecule has 1 aromatic heterocycles. The van der Waals surface area contributed by atoms with Gasteiger partial charge in [0.1, 0.15) is 12.5 Å². The summed E-state index contributed by atoms with van der Waals surface area (Å²) in [7, 11) is 1.36. The fraction of sp³-hybridized carbons (Fsp3) is 0.500. The molecule has 25 heavy (non-hydrogen) atoms. The highest BCUT2D eigenvalue weighted by Gasteiger charge is 2.62. The lowest BCUT2D eigenvalue weighted by Crippen LogP contribution is -2.46. The van der Waals surface area contributed by atoms with E-state index in [0.717, 1.165) is 4.90 Å². The Bertz CT molecular complexity index is 729. The SMILES string of the molecule is COc1nc(C)nc(C)c1CN1C=C(F)C(C(F)(F)C(F)(F)F)=NC1. The van der Waals surface area contributed by atoms with Gasteiger partial charge in [-0.15, -0.1) is 0 Å². The minimum atomic E-state index is -5.93. The molecule has 2 rings (SSSR count). The maximum Gasteiger partial charge on any atom is 0.459 e. The molecule has 0 unspecified atom stereocenters. The number of methoxy groups -OCH3 is 1. The Morgan fingerprint density at radius 2 is 1.80 bits per heavy atom. The number of allylic oxidation sites excluding steroid dienone is 1. The summed E-state index contributed by atoms with van der Waals surface area (Å²) in [6.07, 6.45) is -5.37. The van der Waals surface area contributed by atoms with E-state index in [1.54, 1.807) is 13.8 Å². The largest absolute Gasteiger partial charge is 0.481 e.